The monoisotopic (exact) mass is 526 g/mol. The van der Waals surface area contributed by atoms with Crippen LogP contribution in [0.3, 0.4) is 0 Å². The van der Waals surface area contributed by atoms with E-state index >= 15 is 0 Å². The lowest BCUT2D eigenvalue weighted by Gasteiger charge is -2.28. The first-order valence-corrected chi connectivity index (χ1v) is 20.1. The molecule has 0 aromatic heterocycles. The molecule has 0 saturated carbocycles. The van der Waals surface area contributed by atoms with Crippen molar-refractivity contribution in [3.05, 3.63) is 0 Å². The van der Waals surface area contributed by atoms with Gasteiger partial charge in [-0.2, -0.15) is 0 Å². The maximum Gasteiger partial charge on any atom is 0.0594 e. The second-order valence-electron chi connectivity index (χ2n) is 12.4. The summed E-state index contributed by atoms with van der Waals surface area (Å²) in [4.78, 5) is 0. The molecule has 0 radical (unpaired) electrons. The highest BCUT2D eigenvalue weighted by molar-refractivity contribution is 7.75. The molecule has 0 rings (SSSR count). The van der Waals surface area contributed by atoms with E-state index < -0.39 is 7.26 Å². The van der Waals surface area contributed by atoms with E-state index in [9.17, 15) is 0 Å². The fourth-order valence-corrected chi connectivity index (χ4v) is 11.0. The Kier molecular flexibility index (Phi) is 30.3. The van der Waals surface area contributed by atoms with Gasteiger partial charge in [-0.15, -0.1) is 0 Å². The predicted octanol–water partition coefficient (Wildman–Crippen LogP) is 13.6. The first-order chi connectivity index (χ1) is 17.7. The van der Waals surface area contributed by atoms with Crippen molar-refractivity contribution in [3.8, 4) is 0 Å². The largest absolute Gasteiger partial charge is 0.0654 e. The van der Waals surface area contributed by atoms with Crippen molar-refractivity contribution in [2.45, 2.75) is 201 Å². The number of hydrogen-bond donors (Lipinski definition) is 0. The van der Waals surface area contributed by atoms with E-state index in [1.54, 1.807) is 50.3 Å². The Morgan fingerprint density at radius 3 is 0.583 bits per heavy atom. The Bertz CT molecular complexity index is 345. The highest BCUT2D eigenvalue weighted by Crippen LogP contribution is 2.61. The molecule has 0 saturated heterocycles. The third-order valence-electron chi connectivity index (χ3n) is 8.69. The summed E-state index contributed by atoms with van der Waals surface area (Å²) in [5, 5.41) is 0. The minimum atomic E-state index is -0.736. The fraction of sp³-hybridized carbons (Fsp3) is 1.00. The first kappa shape index (κ1) is 36.4. The zero-order valence-corrected chi connectivity index (χ0v) is 27.3. The molecule has 218 valence electrons. The van der Waals surface area contributed by atoms with Gasteiger partial charge in [-0.05, 0) is 51.4 Å². The Morgan fingerprint density at radius 1 is 0.222 bits per heavy atom. The van der Waals surface area contributed by atoms with Gasteiger partial charge in [0.25, 0.3) is 0 Å². The molecule has 0 amide bonds. The molecule has 0 aromatic carbocycles. The second kappa shape index (κ2) is 30.0. The molecule has 0 spiro atoms. The van der Waals surface area contributed by atoms with Crippen molar-refractivity contribution in [3.63, 3.8) is 0 Å². The third kappa shape index (κ3) is 24.7. The van der Waals surface area contributed by atoms with Gasteiger partial charge < -0.3 is 0 Å². The second-order valence-corrected chi connectivity index (χ2v) is 16.8. The summed E-state index contributed by atoms with van der Waals surface area (Å²) in [7, 11) is -0.736. The summed E-state index contributed by atoms with van der Waals surface area (Å²) in [6.07, 6.45) is 46.7. The SMILES string of the molecule is CCCCCCCCC[P+](CCCCCCCC)(CCCCCCCCC)CCCCCCCCC. The molecule has 0 aliphatic heterocycles. The van der Waals surface area contributed by atoms with E-state index in [0.717, 1.165) is 0 Å². The minimum absolute atomic E-state index is 0.736. The van der Waals surface area contributed by atoms with Gasteiger partial charge in [0.15, 0.2) is 0 Å². The minimum Gasteiger partial charge on any atom is -0.0654 e. The van der Waals surface area contributed by atoms with E-state index in [4.69, 9.17) is 0 Å². The molecule has 0 aliphatic carbocycles. The van der Waals surface area contributed by atoms with Gasteiger partial charge in [0.1, 0.15) is 0 Å². The van der Waals surface area contributed by atoms with Crippen LogP contribution in [-0.2, 0) is 0 Å². The molecule has 0 unspecified atom stereocenters. The summed E-state index contributed by atoms with van der Waals surface area (Å²) in [6, 6.07) is 0. The van der Waals surface area contributed by atoms with Crippen molar-refractivity contribution in [2.24, 2.45) is 0 Å². The quantitative estimate of drug-likeness (QED) is 0.0623. The Labute approximate surface area is 232 Å². The number of unbranched alkanes of at least 4 members (excludes halogenated alkanes) is 23. The zero-order valence-electron chi connectivity index (χ0n) is 26.4. The van der Waals surface area contributed by atoms with Gasteiger partial charge in [-0.3, -0.25) is 0 Å². The van der Waals surface area contributed by atoms with Crippen LogP contribution in [0.5, 0.6) is 0 Å². The third-order valence-corrected chi connectivity index (χ3v) is 13.8. The van der Waals surface area contributed by atoms with E-state index in [2.05, 4.69) is 27.7 Å². The van der Waals surface area contributed by atoms with Crippen molar-refractivity contribution in [1.29, 1.82) is 0 Å². The maximum atomic E-state index is 2.35. The van der Waals surface area contributed by atoms with Crippen LogP contribution < -0.4 is 0 Å². The standard InChI is InChI=1S/C35H74P/c1-5-9-13-17-21-25-29-33-36(32-28-24-20-16-12-8-4,34-30-26-22-18-14-10-6-2)35-31-27-23-19-15-11-7-3/h5-35H2,1-4H3/q+1. The van der Waals surface area contributed by atoms with E-state index in [1.165, 1.54) is 148 Å². The average molecular weight is 526 g/mol. The van der Waals surface area contributed by atoms with Crippen LogP contribution >= 0.6 is 7.26 Å². The van der Waals surface area contributed by atoms with Gasteiger partial charge >= 0.3 is 0 Å². The number of hydrogen-bond acceptors (Lipinski definition) is 0. The Morgan fingerprint density at radius 2 is 0.389 bits per heavy atom. The molecule has 0 aromatic rings. The smallest absolute Gasteiger partial charge is 0.0594 e. The maximum absolute atomic E-state index is 2.35. The Hall–Kier alpha value is 0.430. The van der Waals surface area contributed by atoms with Crippen LogP contribution in [0, 0.1) is 0 Å². The normalized spacial score (nSPS) is 12.0. The van der Waals surface area contributed by atoms with Crippen LogP contribution in [0.2, 0.25) is 0 Å². The molecule has 0 bridgehead atoms. The molecule has 0 fully saturated rings. The van der Waals surface area contributed by atoms with E-state index in [1.807, 2.05) is 0 Å². The molecule has 0 heterocycles. The molecule has 1 heteroatoms. The molecule has 36 heavy (non-hydrogen) atoms. The molecule has 0 atom stereocenters. The topological polar surface area (TPSA) is 0 Å². The highest BCUT2D eigenvalue weighted by Gasteiger charge is 2.34. The van der Waals surface area contributed by atoms with Gasteiger partial charge in [0.05, 0.1) is 24.6 Å². The van der Waals surface area contributed by atoms with Gasteiger partial charge in [0.2, 0.25) is 0 Å². The van der Waals surface area contributed by atoms with E-state index in [0.29, 0.717) is 0 Å². The highest BCUT2D eigenvalue weighted by atomic mass is 31.2. The van der Waals surface area contributed by atoms with Gasteiger partial charge in [-0.1, -0.05) is 150 Å². The summed E-state index contributed by atoms with van der Waals surface area (Å²) >= 11 is 0. The van der Waals surface area contributed by atoms with Crippen molar-refractivity contribution in [1.82, 2.24) is 0 Å². The molecule has 0 nitrogen and oxygen atoms in total. The summed E-state index contributed by atoms with van der Waals surface area (Å²) in [5.74, 6) is 0. The summed E-state index contributed by atoms with van der Waals surface area (Å²) < 4.78 is 0. The fourth-order valence-electron chi connectivity index (χ4n) is 6.11. The van der Waals surface area contributed by atoms with Crippen molar-refractivity contribution >= 4 is 7.26 Å². The van der Waals surface area contributed by atoms with Gasteiger partial charge in [-0.25, -0.2) is 0 Å². The van der Waals surface area contributed by atoms with Gasteiger partial charge in [0, 0.05) is 7.26 Å². The van der Waals surface area contributed by atoms with Crippen LogP contribution in [0.1, 0.15) is 201 Å². The predicted molar refractivity (Wildman–Crippen MR) is 174 cm³/mol. The first-order valence-electron chi connectivity index (χ1n) is 17.6. The lowest BCUT2D eigenvalue weighted by molar-refractivity contribution is 0.593. The lowest BCUT2D eigenvalue weighted by atomic mass is 10.1. The summed E-state index contributed by atoms with van der Waals surface area (Å²) in [6.45, 7) is 9.38. The number of rotatable bonds is 31. The lowest BCUT2D eigenvalue weighted by Crippen LogP contribution is -2.13. The van der Waals surface area contributed by atoms with Crippen molar-refractivity contribution in [2.75, 3.05) is 24.6 Å². The summed E-state index contributed by atoms with van der Waals surface area (Å²) in [5.41, 5.74) is 0. The molecular weight excluding hydrogens is 451 g/mol. The Balaban J connectivity index is 4.77. The van der Waals surface area contributed by atoms with Crippen molar-refractivity contribution < 1.29 is 0 Å². The van der Waals surface area contributed by atoms with E-state index in [-0.39, 0.29) is 0 Å². The molecule has 0 aliphatic rings. The van der Waals surface area contributed by atoms with Crippen LogP contribution in [-0.4, -0.2) is 24.6 Å². The molecular formula is C35H74P+. The molecule has 0 N–H and O–H groups in total. The average Bonchev–Trinajstić information content (AvgIpc) is 2.89. The van der Waals surface area contributed by atoms with Crippen LogP contribution in [0.25, 0.3) is 0 Å². The van der Waals surface area contributed by atoms with Crippen LogP contribution in [0.15, 0.2) is 0 Å². The van der Waals surface area contributed by atoms with Crippen LogP contribution in [0.4, 0.5) is 0 Å². The zero-order chi connectivity index (χ0) is 26.4.